The molecule has 0 radical (unpaired) electrons. The van der Waals surface area contributed by atoms with Crippen LogP contribution in [-0.2, 0) is 13.6 Å². The van der Waals surface area contributed by atoms with Gasteiger partial charge in [0.05, 0.1) is 0 Å². The largest absolute Gasteiger partial charge is 0.373 e. The van der Waals surface area contributed by atoms with Gasteiger partial charge in [-0.1, -0.05) is 6.07 Å². The molecule has 1 N–H and O–H groups in total. The lowest BCUT2D eigenvalue weighted by Gasteiger charge is -2.33. The molecule has 0 saturated carbocycles. The van der Waals surface area contributed by atoms with E-state index in [1.165, 1.54) is 16.8 Å². The van der Waals surface area contributed by atoms with Crippen LogP contribution in [0.5, 0.6) is 0 Å². The maximum Gasteiger partial charge on any atom is 0.253 e. The first-order chi connectivity index (χ1) is 17.9. The van der Waals surface area contributed by atoms with E-state index < -0.39 is 0 Å². The first-order valence-electron chi connectivity index (χ1n) is 13.0. The van der Waals surface area contributed by atoms with Crippen LogP contribution in [0.4, 0.5) is 5.82 Å². The molecule has 0 aliphatic carbocycles. The fraction of sp³-hybridized carbons (Fsp3) is 0.367. The maximum absolute atomic E-state index is 12.3. The fourth-order valence-corrected chi connectivity index (χ4v) is 5.53. The first-order valence-corrected chi connectivity index (χ1v) is 13.0. The molecule has 0 unspecified atom stereocenters. The van der Waals surface area contributed by atoms with E-state index in [1.54, 1.807) is 19.0 Å². The zero-order valence-electron chi connectivity index (χ0n) is 22.5. The van der Waals surface area contributed by atoms with Crippen LogP contribution in [0.25, 0.3) is 22.2 Å². The molecule has 0 atom stereocenters. The molecular formula is C30H36N6O. The zero-order valence-corrected chi connectivity index (χ0v) is 22.5. The molecular weight excluding hydrogens is 460 g/mol. The van der Waals surface area contributed by atoms with E-state index in [-0.39, 0.29) is 5.91 Å². The van der Waals surface area contributed by atoms with Crippen LogP contribution in [0.2, 0.25) is 0 Å². The topological polar surface area (TPSA) is 66.3 Å². The molecule has 37 heavy (non-hydrogen) atoms. The van der Waals surface area contributed by atoms with Crippen LogP contribution in [-0.4, -0.2) is 64.5 Å². The standard InChI is InChI=1S/C30H36N6O/c1-20-16-22(30(37)34(3)4)6-8-25(20)21-11-14-36(15-12-21)19-24-17-27-26(10-13-32-29(27)35(24)5)23-7-9-28(31-2)33-18-23/h6-10,13,16-18,21H,11-12,14-15,19H2,1-5H3,(H,31,33). The van der Waals surface area contributed by atoms with Crippen molar-refractivity contribution in [3.05, 3.63) is 77.2 Å². The fourth-order valence-electron chi connectivity index (χ4n) is 5.53. The molecule has 192 valence electrons. The summed E-state index contributed by atoms with van der Waals surface area (Å²) in [5.41, 5.74) is 7.90. The highest BCUT2D eigenvalue weighted by atomic mass is 16.2. The average Bonchev–Trinajstić information content (AvgIpc) is 3.23. The second-order valence-electron chi connectivity index (χ2n) is 10.3. The molecule has 4 heterocycles. The molecule has 7 nitrogen and oxygen atoms in total. The third-order valence-electron chi connectivity index (χ3n) is 7.70. The van der Waals surface area contributed by atoms with Gasteiger partial charge in [0.25, 0.3) is 5.91 Å². The second kappa shape index (κ2) is 10.3. The Morgan fingerprint density at radius 2 is 1.86 bits per heavy atom. The van der Waals surface area contributed by atoms with Crippen LogP contribution < -0.4 is 5.32 Å². The molecule has 0 spiro atoms. The van der Waals surface area contributed by atoms with Gasteiger partial charge in [-0.15, -0.1) is 0 Å². The minimum Gasteiger partial charge on any atom is -0.373 e. The van der Waals surface area contributed by atoms with Gasteiger partial charge < -0.3 is 14.8 Å². The van der Waals surface area contributed by atoms with Crippen molar-refractivity contribution in [2.45, 2.75) is 32.2 Å². The number of carbonyl (C=O) groups is 1. The van der Waals surface area contributed by atoms with Gasteiger partial charge in [-0.05, 0) is 91.9 Å². The number of hydrogen-bond donors (Lipinski definition) is 1. The van der Waals surface area contributed by atoms with Crippen molar-refractivity contribution in [2.24, 2.45) is 7.05 Å². The van der Waals surface area contributed by atoms with Gasteiger partial charge in [0.1, 0.15) is 11.5 Å². The number of carbonyl (C=O) groups excluding carboxylic acids is 1. The minimum atomic E-state index is 0.0586. The van der Waals surface area contributed by atoms with Crippen molar-refractivity contribution in [3.8, 4) is 11.1 Å². The minimum absolute atomic E-state index is 0.0586. The van der Waals surface area contributed by atoms with Gasteiger partial charge in [0, 0.05) is 69.3 Å². The summed E-state index contributed by atoms with van der Waals surface area (Å²) in [5, 5.41) is 4.24. The smallest absolute Gasteiger partial charge is 0.253 e. The third-order valence-corrected chi connectivity index (χ3v) is 7.70. The highest BCUT2D eigenvalue weighted by Crippen LogP contribution is 2.33. The highest BCUT2D eigenvalue weighted by Gasteiger charge is 2.24. The molecule has 1 saturated heterocycles. The van der Waals surface area contributed by atoms with Crippen LogP contribution in [0, 0.1) is 6.92 Å². The van der Waals surface area contributed by atoms with Gasteiger partial charge in [-0.25, -0.2) is 9.97 Å². The number of amides is 1. The van der Waals surface area contributed by atoms with E-state index in [1.807, 2.05) is 37.6 Å². The molecule has 5 rings (SSSR count). The molecule has 7 heteroatoms. The number of aromatic nitrogens is 3. The van der Waals surface area contributed by atoms with E-state index in [0.29, 0.717) is 5.92 Å². The van der Waals surface area contributed by atoms with Gasteiger partial charge >= 0.3 is 0 Å². The van der Waals surface area contributed by atoms with E-state index in [2.05, 4.69) is 58.0 Å². The van der Waals surface area contributed by atoms with Crippen LogP contribution in [0.1, 0.15) is 45.9 Å². The molecule has 1 aromatic carbocycles. The Morgan fingerprint density at radius 1 is 1.08 bits per heavy atom. The van der Waals surface area contributed by atoms with E-state index in [9.17, 15) is 4.79 Å². The Morgan fingerprint density at radius 3 is 2.51 bits per heavy atom. The van der Waals surface area contributed by atoms with Crippen molar-refractivity contribution >= 4 is 22.8 Å². The number of fused-ring (bicyclic) bond motifs is 1. The van der Waals surface area contributed by atoms with E-state index >= 15 is 0 Å². The molecule has 4 aromatic rings. The number of benzene rings is 1. The Hall–Kier alpha value is -3.71. The summed E-state index contributed by atoms with van der Waals surface area (Å²) in [6, 6.07) is 14.7. The highest BCUT2D eigenvalue weighted by molar-refractivity contribution is 5.94. The summed E-state index contributed by atoms with van der Waals surface area (Å²) >= 11 is 0. The van der Waals surface area contributed by atoms with Crippen LogP contribution >= 0.6 is 0 Å². The van der Waals surface area contributed by atoms with Crippen molar-refractivity contribution < 1.29 is 4.79 Å². The molecule has 1 fully saturated rings. The summed E-state index contributed by atoms with van der Waals surface area (Å²) in [6.45, 7) is 5.15. The number of piperidine rings is 1. The first kappa shape index (κ1) is 25.0. The number of pyridine rings is 2. The lowest BCUT2D eigenvalue weighted by Crippen LogP contribution is -2.33. The van der Waals surface area contributed by atoms with Crippen molar-refractivity contribution in [3.63, 3.8) is 0 Å². The van der Waals surface area contributed by atoms with Gasteiger partial charge in [-0.3, -0.25) is 9.69 Å². The summed E-state index contributed by atoms with van der Waals surface area (Å²) in [5.74, 6) is 1.45. The van der Waals surface area contributed by atoms with Crippen LogP contribution in [0.15, 0.2) is 54.9 Å². The van der Waals surface area contributed by atoms with Gasteiger partial charge in [0.15, 0.2) is 0 Å². The summed E-state index contributed by atoms with van der Waals surface area (Å²) < 4.78 is 2.23. The molecule has 1 aliphatic rings. The second-order valence-corrected chi connectivity index (χ2v) is 10.3. The number of likely N-dealkylation sites (tertiary alicyclic amines) is 1. The molecule has 1 aliphatic heterocycles. The quantitative estimate of drug-likeness (QED) is 0.404. The normalized spacial score (nSPS) is 14.7. The van der Waals surface area contributed by atoms with Crippen molar-refractivity contribution in [2.75, 3.05) is 39.5 Å². The predicted molar refractivity (Wildman–Crippen MR) is 150 cm³/mol. The monoisotopic (exact) mass is 496 g/mol. The number of nitrogens with one attached hydrogen (secondary N) is 1. The number of hydrogen-bond acceptors (Lipinski definition) is 5. The number of aryl methyl sites for hydroxylation is 2. The Balaban J connectivity index is 1.29. The Kier molecular flexibility index (Phi) is 6.98. The van der Waals surface area contributed by atoms with Gasteiger partial charge in [-0.2, -0.15) is 0 Å². The summed E-state index contributed by atoms with van der Waals surface area (Å²) in [7, 11) is 7.59. The predicted octanol–water partition coefficient (Wildman–Crippen LogP) is 5.07. The van der Waals surface area contributed by atoms with E-state index in [4.69, 9.17) is 4.98 Å². The third kappa shape index (κ3) is 4.96. The summed E-state index contributed by atoms with van der Waals surface area (Å²) in [6.07, 6.45) is 6.05. The lowest BCUT2D eigenvalue weighted by molar-refractivity contribution is 0.0827. The number of rotatable bonds is 6. The van der Waals surface area contributed by atoms with Gasteiger partial charge in [0.2, 0.25) is 0 Å². The molecule has 3 aromatic heterocycles. The molecule has 0 bridgehead atoms. The maximum atomic E-state index is 12.3. The lowest BCUT2D eigenvalue weighted by atomic mass is 9.86. The zero-order chi connectivity index (χ0) is 26.1. The number of anilines is 1. The Bertz CT molecular complexity index is 1410. The van der Waals surface area contributed by atoms with Crippen molar-refractivity contribution in [1.82, 2.24) is 24.3 Å². The molecule has 1 amide bonds. The SMILES string of the molecule is CNc1ccc(-c2ccnc3c2cc(CN2CCC(c4ccc(C(=O)N(C)C)cc4C)CC2)n3C)cn1. The van der Waals surface area contributed by atoms with Crippen molar-refractivity contribution in [1.29, 1.82) is 0 Å². The van der Waals surface area contributed by atoms with E-state index in [0.717, 1.165) is 66.0 Å². The Labute approximate surface area is 219 Å². The van der Waals surface area contributed by atoms with Crippen LogP contribution in [0.3, 0.4) is 0 Å². The number of nitrogens with zero attached hydrogens (tertiary/aromatic N) is 5. The summed E-state index contributed by atoms with van der Waals surface area (Å²) in [4.78, 5) is 25.7. The average molecular weight is 497 g/mol.